The summed E-state index contributed by atoms with van der Waals surface area (Å²) >= 11 is 0. The van der Waals surface area contributed by atoms with Crippen LogP contribution in [0.15, 0.2) is 31.7 Å². The molecule has 10 heteroatoms. The third-order valence-electron chi connectivity index (χ3n) is 4.79. The van der Waals surface area contributed by atoms with Crippen molar-refractivity contribution in [3.8, 4) is 11.3 Å². The molecule has 31 heavy (non-hydrogen) atoms. The highest BCUT2D eigenvalue weighted by Gasteiger charge is 2.24. The van der Waals surface area contributed by atoms with Crippen molar-refractivity contribution < 1.29 is 23.1 Å². The van der Waals surface area contributed by atoms with E-state index in [2.05, 4.69) is 20.6 Å². The number of nitrogens with one attached hydrogen (secondary N) is 1. The molecule has 10 nitrogen and oxygen atoms in total. The van der Waals surface area contributed by atoms with Crippen molar-refractivity contribution >= 4 is 28.7 Å². The SMILES string of the molecule is Cc1cc(NC(=O)CN(C)C(=O)c2cc(-c3cc(C)oc3C)nc3onc(C)c23)no1. The van der Waals surface area contributed by atoms with Crippen LogP contribution in [0.25, 0.3) is 22.4 Å². The number of nitrogens with zero attached hydrogens (tertiary/aromatic N) is 4. The summed E-state index contributed by atoms with van der Waals surface area (Å²) in [6, 6.07) is 5.10. The second-order valence-electron chi connectivity index (χ2n) is 7.36. The molecule has 0 fully saturated rings. The normalized spacial score (nSPS) is 11.1. The fraction of sp³-hybridized carbons (Fsp3) is 0.286. The maximum absolute atomic E-state index is 13.3. The molecule has 0 unspecified atom stereocenters. The van der Waals surface area contributed by atoms with Crippen LogP contribution in [0.3, 0.4) is 0 Å². The molecule has 0 spiro atoms. The van der Waals surface area contributed by atoms with Crippen LogP contribution in [0.2, 0.25) is 0 Å². The summed E-state index contributed by atoms with van der Waals surface area (Å²) < 4.78 is 15.9. The zero-order chi connectivity index (χ0) is 22.3. The Bertz CT molecular complexity index is 1300. The zero-order valence-corrected chi connectivity index (χ0v) is 17.8. The first-order chi connectivity index (χ1) is 14.7. The summed E-state index contributed by atoms with van der Waals surface area (Å²) in [6.45, 7) is 6.93. The summed E-state index contributed by atoms with van der Waals surface area (Å²) in [4.78, 5) is 31.4. The molecule has 0 atom stereocenters. The second kappa shape index (κ2) is 7.71. The maximum atomic E-state index is 13.3. The Kier molecular flexibility index (Phi) is 5.05. The van der Waals surface area contributed by atoms with E-state index in [1.165, 1.54) is 11.9 Å². The molecule has 160 valence electrons. The van der Waals surface area contributed by atoms with E-state index in [1.807, 2.05) is 19.9 Å². The fourth-order valence-electron chi connectivity index (χ4n) is 3.39. The van der Waals surface area contributed by atoms with Gasteiger partial charge in [0.05, 0.1) is 28.9 Å². The number of aromatic nitrogens is 3. The number of aryl methyl sites for hydroxylation is 4. The standard InChI is InChI=1S/C21H21N5O5/c1-10-6-14(13(4)29-10)16-8-15(19-12(3)24-31-20(19)22-16)21(28)26(5)9-18(27)23-17-7-11(2)30-25-17/h6-8H,9H2,1-5H3,(H,23,25,27). The number of hydrogen-bond acceptors (Lipinski definition) is 8. The number of pyridine rings is 1. The summed E-state index contributed by atoms with van der Waals surface area (Å²) in [5.41, 5.74) is 2.40. The van der Waals surface area contributed by atoms with E-state index in [1.54, 1.807) is 26.0 Å². The smallest absolute Gasteiger partial charge is 0.259 e. The van der Waals surface area contributed by atoms with Crippen molar-refractivity contribution in [2.75, 3.05) is 18.9 Å². The van der Waals surface area contributed by atoms with Gasteiger partial charge in [0.25, 0.3) is 11.6 Å². The highest BCUT2D eigenvalue weighted by Crippen LogP contribution is 2.31. The molecule has 0 saturated heterocycles. The third kappa shape index (κ3) is 3.91. The van der Waals surface area contributed by atoms with Crippen molar-refractivity contribution in [3.63, 3.8) is 0 Å². The van der Waals surface area contributed by atoms with Crippen LogP contribution in [0, 0.1) is 27.7 Å². The van der Waals surface area contributed by atoms with Crippen molar-refractivity contribution in [1.29, 1.82) is 0 Å². The number of carbonyl (C=O) groups is 2. The van der Waals surface area contributed by atoms with Gasteiger partial charge in [0.2, 0.25) is 5.91 Å². The molecule has 0 saturated carbocycles. The van der Waals surface area contributed by atoms with Crippen molar-refractivity contribution in [3.05, 3.63) is 46.7 Å². The summed E-state index contributed by atoms with van der Waals surface area (Å²) in [5.74, 6) is 1.49. The van der Waals surface area contributed by atoms with Gasteiger partial charge < -0.3 is 23.7 Å². The van der Waals surface area contributed by atoms with Crippen LogP contribution in [0.4, 0.5) is 5.82 Å². The van der Waals surface area contributed by atoms with E-state index < -0.39 is 5.91 Å². The van der Waals surface area contributed by atoms with E-state index in [0.29, 0.717) is 33.9 Å². The Balaban J connectivity index is 1.65. The summed E-state index contributed by atoms with van der Waals surface area (Å²) in [5, 5.41) is 10.8. The summed E-state index contributed by atoms with van der Waals surface area (Å²) in [7, 11) is 1.54. The van der Waals surface area contributed by atoms with E-state index in [0.717, 1.165) is 11.3 Å². The van der Waals surface area contributed by atoms with Crippen LogP contribution in [-0.4, -0.2) is 45.6 Å². The number of likely N-dealkylation sites (N-methyl/N-ethyl adjacent to an activating group) is 1. The molecule has 2 amide bonds. The van der Waals surface area contributed by atoms with Gasteiger partial charge in [-0.05, 0) is 39.8 Å². The lowest BCUT2D eigenvalue weighted by molar-refractivity contribution is -0.116. The zero-order valence-electron chi connectivity index (χ0n) is 17.8. The molecule has 1 N–H and O–H groups in total. The summed E-state index contributed by atoms with van der Waals surface area (Å²) in [6.07, 6.45) is 0. The van der Waals surface area contributed by atoms with Crippen LogP contribution < -0.4 is 5.32 Å². The Morgan fingerprint density at radius 1 is 1.03 bits per heavy atom. The Labute approximate surface area is 177 Å². The number of anilines is 1. The highest BCUT2D eigenvalue weighted by molar-refractivity contribution is 6.08. The van der Waals surface area contributed by atoms with Gasteiger partial charge in [-0.2, -0.15) is 0 Å². The number of furan rings is 1. The minimum atomic E-state index is -0.405. The average Bonchev–Trinajstić information content (AvgIpc) is 3.39. The van der Waals surface area contributed by atoms with Crippen LogP contribution in [-0.2, 0) is 4.79 Å². The molecule has 0 aliphatic heterocycles. The number of carbonyl (C=O) groups excluding carboxylic acids is 2. The van der Waals surface area contributed by atoms with Crippen LogP contribution in [0.1, 0.15) is 33.3 Å². The van der Waals surface area contributed by atoms with E-state index in [-0.39, 0.29) is 24.0 Å². The first-order valence-corrected chi connectivity index (χ1v) is 9.56. The number of rotatable bonds is 5. The minimum Gasteiger partial charge on any atom is -0.466 e. The fourth-order valence-corrected chi connectivity index (χ4v) is 3.39. The molecular weight excluding hydrogens is 402 g/mol. The van der Waals surface area contributed by atoms with Crippen molar-refractivity contribution in [2.45, 2.75) is 27.7 Å². The van der Waals surface area contributed by atoms with Gasteiger partial charge >= 0.3 is 0 Å². The Morgan fingerprint density at radius 2 is 1.81 bits per heavy atom. The lowest BCUT2D eigenvalue weighted by Gasteiger charge is -2.17. The lowest BCUT2D eigenvalue weighted by Crippen LogP contribution is -2.35. The van der Waals surface area contributed by atoms with Crippen molar-refractivity contribution in [1.82, 2.24) is 20.2 Å². The predicted octanol–water partition coefficient (Wildman–Crippen LogP) is 3.42. The Morgan fingerprint density at radius 3 is 2.45 bits per heavy atom. The molecule has 4 heterocycles. The van der Waals surface area contributed by atoms with Crippen LogP contribution in [0.5, 0.6) is 0 Å². The topological polar surface area (TPSA) is 128 Å². The molecule has 0 bridgehead atoms. The highest BCUT2D eigenvalue weighted by atomic mass is 16.5. The third-order valence-corrected chi connectivity index (χ3v) is 4.79. The molecule has 0 aliphatic carbocycles. The van der Waals surface area contributed by atoms with E-state index in [4.69, 9.17) is 13.5 Å². The molecule has 4 aromatic rings. The van der Waals surface area contributed by atoms with Crippen molar-refractivity contribution in [2.24, 2.45) is 0 Å². The van der Waals surface area contributed by atoms with Gasteiger partial charge in [-0.1, -0.05) is 10.3 Å². The number of hydrogen-bond donors (Lipinski definition) is 1. The predicted molar refractivity (Wildman–Crippen MR) is 111 cm³/mol. The second-order valence-corrected chi connectivity index (χ2v) is 7.36. The first kappa shape index (κ1) is 20.3. The Hall–Kier alpha value is -3.95. The number of fused-ring (bicyclic) bond motifs is 1. The van der Waals surface area contributed by atoms with Gasteiger partial charge in [0.15, 0.2) is 5.82 Å². The van der Waals surface area contributed by atoms with Gasteiger partial charge in [0.1, 0.15) is 17.3 Å². The minimum absolute atomic E-state index is 0.182. The first-order valence-electron chi connectivity index (χ1n) is 9.56. The van der Waals surface area contributed by atoms with Crippen LogP contribution >= 0.6 is 0 Å². The monoisotopic (exact) mass is 423 g/mol. The maximum Gasteiger partial charge on any atom is 0.259 e. The van der Waals surface area contributed by atoms with E-state index >= 15 is 0 Å². The molecular formula is C21H21N5O5. The average molecular weight is 423 g/mol. The molecule has 4 rings (SSSR count). The molecule has 4 aromatic heterocycles. The molecule has 0 aliphatic rings. The molecule has 0 aromatic carbocycles. The quantitative estimate of drug-likeness (QED) is 0.517. The van der Waals surface area contributed by atoms with E-state index in [9.17, 15) is 9.59 Å². The van der Waals surface area contributed by atoms with Gasteiger partial charge in [0, 0.05) is 18.7 Å². The van der Waals surface area contributed by atoms with Gasteiger partial charge in [-0.3, -0.25) is 9.59 Å². The molecule has 0 radical (unpaired) electrons. The largest absolute Gasteiger partial charge is 0.466 e. The number of amides is 2. The lowest BCUT2D eigenvalue weighted by atomic mass is 10.0. The van der Waals surface area contributed by atoms with Gasteiger partial charge in [-0.15, -0.1) is 0 Å². The van der Waals surface area contributed by atoms with Gasteiger partial charge in [-0.25, -0.2) is 4.98 Å².